The third-order valence-electron chi connectivity index (χ3n) is 3.69. The van der Waals surface area contributed by atoms with Crippen molar-refractivity contribution in [3.05, 3.63) is 29.8 Å². The summed E-state index contributed by atoms with van der Waals surface area (Å²) in [5.74, 6) is 1.59. The van der Waals surface area contributed by atoms with E-state index in [0.717, 1.165) is 5.56 Å². The minimum Gasteiger partial charge on any atom is -0.497 e. The second-order valence-electron chi connectivity index (χ2n) is 5.11. The van der Waals surface area contributed by atoms with Gasteiger partial charge in [0, 0.05) is 36.5 Å². The highest BCUT2D eigenvalue weighted by molar-refractivity contribution is 8.00. The topological polar surface area (TPSA) is 65.1 Å². The van der Waals surface area contributed by atoms with Crippen molar-refractivity contribution in [2.75, 3.05) is 40.2 Å². The molecule has 1 aliphatic rings. The van der Waals surface area contributed by atoms with E-state index in [4.69, 9.17) is 14.2 Å². The van der Waals surface area contributed by atoms with Gasteiger partial charge in [-0.3, -0.25) is 9.59 Å². The molecule has 1 fully saturated rings. The Morgan fingerprint density at radius 2 is 2.04 bits per heavy atom. The van der Waals surface area contributed by atoms with Gasteiger partial charge in [0.15, 0.2) is 0 Å². The molecule has 1 aromatic carbocycles. The minimum atomic E-state index is -0.323. The number of rotatable bonds is 5. The average molecular weight is 351 g/mol. The second-order valence-corrected chi connectivity index (χ2v) is 6.42. The maximum atomic E-state index is 12.4. The van der Waals surface area contributed by atoms with Crippen molar-refractivity contribution < 1.29 is 23.8 Å². The van der Waals surface area contributed by atoms with Crippen molar-refractivity contribution in [3.63, 3.8) is 0 Å². The maximum Gasteiger partial charge on any atom is 0.320 e. The number of hydrogen-bond acceptors (Lipinski definition) is 6. The van der Waals surface area contributed by atoms with Crippen LogP contribution in [0.3, 0.4) is 0 Å². The first-order valence-corrected chi connectivity index (χ1v) is 8.52. The van der Waals surface area contributed by atoms with Crippen LogP contribution in [0.2, 0.25) is 0 Å². The number of carbonyl (C=O) groups excluding carboxylic acids is 2. The highest BCUT2D eigenvalue weighted by atomic mass is 32.2. The van der Waals surface area contributed by atoms with Crippen LogP contribution in [0.15, 0.2) is 24.3 Å². The Kier molecular flexibility index (Phi) is 6.54. The minimum absolute atomic E-state index is 0.137. The fourth-order valence-electron chi connectivity index (χ4n) is 2.35. The summed E-state index contributed by atoms with van der Waals surface area (Å²) in [6.45, 7) is 0.974. The molecule has 0 bridgehead atoms. The Labute approximate surface area is 145 Å². The van der Waals surface area contributed by atoms with E-state index in [9.17, 15) is 9.59 Å². The number of amides is 1. The van der Waals surface area contributed by atoms with Gasteiger partial charge in [0.05, 0.1) is 21.3 Å². The van der Waals surface area contributed by atoms with Crippen molar-refractivity contribution in [3.8, 4) is 11.5 Å². The van der Waals surface area contributed by atoms with Crippen LogP contribution in [-0.2, 0) is 14.3 Å². The normalized spacial score (nSPS) is 17.6. The zero-order valence-electron chi connectivity index (χ0n) is 14.0. The lowest BCUT2D eigenvalue weighted by atomic mass is 10.1. The number of esters is 1. The molecule has 1 heterocycles. The lowest BCUT2D eigenvalue weighted by molar-refractivity contribution is -0.140. The first-order valence-electron chi connectivity index (χ1n) is 7.47. The number of thioether (sulfide) groups is 1. The van der Waals surface area contributed by atoms with Crippen molar-refractivity contribution in [2.24, 2.45) is 0 Å². The highest BCUT2D eigenvalue weighted by Crippen LogP contribution is 2.26. The molecule has 0 saturated carbocycles. The third-order valence-corrected chi connectivity index (χ3v) is 4.85. The van der Waals surface area contributed by atoms with Gasteiger partial charge in [-0.15, -0.1) is 11.8 Å². The summed E-state index contributed by atoms with van der Waals surface area (Å²) >= 11 is 1.52. The van der Waals surface area contributed by atoms with Crippen LogP contribution in [0.25, 0.3) is 6.08 Å². The summed E-state index contributed by atoms with van der Waals surface area (Å²) in [7, 11) is 4.51. The Hall–Kier alpha value is -2.15. The standard InChI is InChI=1S/C17H21NO5S/c1-21-13-6-4-12(14(10-13)22-2)5-7-16(19)18-8-9-24-15(11-18)17(20)23-3/h4-7,10,15H,8-9,11H2,1-3H3/b7-5+/t15-/m0/s1. The molecule has 0 spiro atoms. The lowest BCUT2D eigenvalue weighted by Gasteiger charge is -2.30. The molecule has 1 amide bonds. The summed E-state index contributed by atoms with van der Waals surface area (Å²) in [6, 6.07) is 5.39. The van der Waals surface area contributed by atoms with Crippen LogP contribution in [0.5, 0.6) is 11.5 Å². The molecular weight excluding hydrogens is 330 g/mol. The first-order chi connectivity index (χ1) is 11.6. The summed E-state index contributed by atoms with van der Waals surface area (Å²) in [5.41, 5.74) is 0.780. The number of benzene rings is 1. The van der Waals surface area contributed by atoms with E-state index in [1.165, 1.54) is 24.9 Å². The van der Waals surface area contributed by atoms with Crippen LogP contribution in [-0.4, -0.2) is 62.2 Å². The molecule has 0 aliphatic carbocycles. The van der Waals surface area contributed by atoms with Crippen LogP contribution in [0.1, 0.15) is 5.56 Å². The summed E-state index contributed by atoms with van der Waals surface area (Å²) in [5, 5.41) is -0.323. The van der Waals surface area contributed by atoms with Crippen LogP contribution in [0.4, 0.5) is 0 Å². The molecule has 7 heteroatoms. The van der Waals surface area contributed by atoms with E-state index in [1.807, 2.05) is 6.07 Å². The van der Waals surface area contributed by atoms with Gasteiger partial charge in [0.1, 0.15) is 16.7 Å². The number of hydrogen-bond donors (Lipinski definition) is 0. The SMILES string of the molecule is COC(=O)[C@@H]1CN(C(=O)/C=C/c2ccc(OC)cc2OC)CCS1. The molecule has 0 radical (unpaired) electrons. The van der Waals surface area contributed by atoms with E-state index < -0.39 is 0 Å². The van der Waals surface area contributed by atoms with Gasteiger partial charge in [-0.05, 0) is 18.2 Å². The summed E-state index contributed by atoms with van der Waals surface area (Å²) in [4.78, 5) is 25.7. The molecule has 130 valence electrons. The molecule has 6 nitrogen and oxygen atoms in total. The Morgan fingerprint density at radius 1 is 1.25 bits per heavy atom. The largest absolute Gasteiger partial charge is 0.497 e. The lowest BCUT2D eigenvalue weighted by Crippen LogP contribution is -2.44. The molecule has 1 aromatic rings. The van der Waals surface area contributed by atoms with Crippen LogP contribution >= 0.6 is 11.8 Å². The number of methoxy groups -OCH3 is 3. The van der Waals surface area contributed by atoms with Gasteiger partial charge in [0.25, 0.3) is 0 Å². The maximum absolute atomic E-state index is 12.4. The quantitative estimate of drug-likeness (QED) is 0.596. The third kappa shape index (κ3) is 4.44. The van der Waals surface area contributed by atoms with Gasteiger partial charge in [-0.2, -0.15) is 0 Å². The van der Waals surface area contributed by atoms with Crippen molar-refractivity contribution in [1.29, 1.82) is 0 Å². The van der Waals surface area contributed by atoms with Crippen LogP contribution < -0.4 is 9.47 Å². The molecule has 1 aliphatic heterocycles. The molecule has 2 rings (SSSR count). The molecule has 24 heavy (non-hydrogen) atoms. The molecular formula is C17H21NO5S. The average Bonchev–Trinajstić information content (AvgIpc) is 2.65. The first kappa shape index (κ1) is 18.2. The molecule has 1 saturated heterocycles. The van der Waals surface area contributed by atoms with E-state index in [0.29, 0.717) is 30.3 Å². The number of ether oxygens (including phenoxy) is 3. The van der Waals surface area contributed by atoms with E-state index in [1.54, 1.807) is 37.3 Å². The van der Waals surface area contributed by atoms with E-state index in [2.05, 4.69) is 0 Å². The summed E-state index contributed by atoms with van der Waals surface area (Å²) in [6.07, 6.45) is 3.20. The smallest absolute Gasteiger partial charge is 0.320 e. The predicted molar refractivity (Wildman–Crippen MR) is 93.4 cm³/mol. The zero-order valence-corrected chi connectivity index (χ0v) is 14.8. The predicted octanol–water partition coefficient (Wildman–Crippen LogP) is 1.83. The van der Waals surface area contributed by atoms with Gasteiger partial charge >= 0.3 is 5.97 Å². The zero-order chi connectivity index (χ0) is 17.5. The van der Waals surface area contributed by atoms with E-state index in [-0.39, 0.29) is 17.1 Å². The Bertz CT molecular complexity index is 631. The van der Waals surface area contributed by atoms with E-state index >= 15 is 0 Å². The number of nitrogens with zero attached hydrogens (tertiary/aromatic N) is 1. The number of carbonyl (C=O) groups is 2. The molecule has 0 N–H and O–H groups in total. The molecule has 1 atom stereocenters. The van der Waals surface area contributed by atoms with Crippen LogP contribution in [0, 0.1) is 0 Å². The summed E-state index contributed by atoms with van der Waals surface area (Å²) < 4.78 is 15.2. The highest BCUT2D eigenvalue weighted by Gasteiger charge is 2.28. The fourth-order valence-corrected chi connectivity index (χ4v) is 3.47. The second kappa shape index (κ2) is 8.63. The Morgan fingerprint density at radius 3 is 2.71 bits per heavy atom. The van der Waals surface area contributed by atoms with Gasteiger partial charge in [-0.1, -0.05) is 0 Å². The van der Waals surface area contributed by atoms with Gasteiger partial charge < -0.3 is 19.1 Å². The molecule has 0 aromatic heterocycles. The monoisotopic (exact) mass is 351 g/mol. The van der Waals surface area contributed by atoms with Crippen molar-refractivity contribution in [2.45, 2.75) is 5.25 Å². The van der Waals surface area contributed by atoms with Crippen molar-refractivity contribution in [1.82, 2.24) is 4.90 Å². The van der Waals surface area contributed by atoms with Gasteiger partial charge in [0.2, 0.25) is 5.91 Å². The van der Waals surface area contributed by atoms with Gasteiger partial charge in [-0.25, -0.2) is 0 Å². The molecule has 0 unspecified atom stereocenters. The fraction of sp³-hybridized carbons (Fsp3) is 0.412. The Balaban J connectivity index is 2.06. The van der Waals surface area contributed by atoms with Crippen molar-refractivity contribution >= 4 is 29.7 Å².